The average molecular weight is 431 g/mol. The second kappa shape index (κ2) is 9.25. The molecule has 1 heterocycles. The molecule has 2 amide bonds. The number of thioether (sulfide) groups is 2. The van der Waals surface area contributed by atoms with Crippen molar-refractivity contribution in [2.75, 3.05) is 12.4 Å². The first-order valence-electron chi connectivity index (χ1n) is 8.72. The number of rotatable bonds is 7. The fourth-order valence-electron chi connectivity index (χ4n) is 2.71. The van der Waals surface area contributed by atoms with Gasteiger partial charge in [-0.1, -0.05) is 35.9 Å². The molecule has 0 saturated carbocycles. The van der Waals surface area contributed by atoms with Gasteiger partial charge in [-0.2, -0.15) is 0 Å². The van der Waals surface area contributed by atoms with Crippen LogP contribution in [-0.4, -0.2) is 38.4 Å². The second-order valence-corrected chi connectivity index (χ2v) is 8.44. The molecule has 0 bridgehead atoms. The number of aliphatic hydroxyl groups excluding tert-OH is 1. The molecule has 0 atom stereocenters. The van der Waals surface area contributed by atoms with Crippen LogP contribution in [0.2, 0.25) is 0 Å². The monoisotopic (exact) mass is 430 g/mol. The molecule has 2 aromatic carbocycles. The van der Waals surface area contributed by atoms with Gasteiger partial charge in [0.05, 0.1) is 27.9 Å². The number of carbonyl (C=O) groups excluding carboxylic acids is 2. The lowest BCUT2D eigenvalue weighted by Crippen LogP contribution is -2.27. The van der Waals surface area contributed by atoms with Crippen molar-refractivity contribution >= 4 is 46.4 Å². The van der Waals surface area contributed by atoms with Crippen LogP contribution in [0.1, 0.15) is 16.7 Å². The Hall–Kier alpha value is -2.62. The predicted octanol–water partition coefficient (Wildman–Crippen LogP) is 4.22. The Bertz CT molecular complexity index is 989. The minimum atomic E-state index is -0.500. The lowest BCUT2D eigenvalue weighted by molar-refractivity contribution is -0.387. The molecule has 0 radical (unpaired) electrons. The first-order chi connectivity index (χ1) is 13.9. The Morgan fingerprint density at radius 3 is 2.59 bits per heavy atom. The third kappa shape index (κ3) is 5.06. The highest BCUT2D eigenvalue weighted by Gasteiger charge is 2.35. The minimum Gasteiger partial charge on any atom is -0.396 e. The molecule has 7 nitrogen and oxygen atoms in total. The Balaban J connectivity index is 1.82. The van der Waals surface area contributed by atoms with Crippen LogP contribution < -0.4 is 0 Å². The number of nitrogens with zero attached hydrogens (tertiary/aromatic N) is 2. The summed E-state index contributed by atoms with van der Waals surface area (Å²) in [7, 11) is 0. The Morgan fingerprint density at radius 2 is 1.93 bits per heavy atom. The molecule has 0 aromatic heterocycles. The van der Waals surface area contributed by atoms with Gasteiger partial charge < -0.3 is 5.11 Å². The summed E-state index contributed by atoms with van der Waals surface area (Å²) in [5, 5.41) is 19.9. The highest BCUT2D eigenvalue weighted by atomic mass is 32.2. The number of benzene rings is 2. The number of aliphatic hydroxyl groups is 1. The SMILES string of the molecule is Cc1ccc(CN2C(=O)SC(=Cc3ccc(SCCO)c([N+](=O)[O-])c3)C2=O)cc1. The summed E-state index contributed by atoms with van der Waals surface area (Å²) >= 11 is 2.01. The molecular weight excluding hydrogens is 412 g/mol. The number of hydrogen-bond donors (Lipinski definition) is 1. The highest BCUT2D eigenvalue weighted by molar-refractivity contribution is 8.18. The summed E-state index contributed by atoms with van der Waals surface area (Å²) in [6, 6.07) is 12.2. The maximum atomic E-state index is 12.7. The van der Waals surface area contributed by atoms with E-state index in [4.69, 9.17) is 5.11 Å². The van der Waals surface area contributed by atoms with Crippen LogP contribution in [0.3, 0.4) is 0 Å². The van der Waals surface area contributed by atoms with E-state index in [2.05, 4.69) is 0 Å². The summed E-state index contributed by atoms with van der Waals surface area (Å²) in [4.78, 5) is 37.6. The van der Waals surface area contributed by atoms with E-state index in [9.17, 15) is 19.7 Å². The molecule has 9 heteroatoms. The summed E-state index contributed by atoms with van der Waals surface area (Å²) in [5.74, 6) is -0.0695. The smallest absolute Gasteiger partial charge is 0.293 e. The van der Waals surface area contributed by atoms with Gasteiger partial charge >= 0.3 is 0 Å². The number of amides is 2. The number of carbonyl (C=O) groups is 2. The number of nitro groups is 1. The Kier molecular flexibility index (Phi) is 6.73. The standard InChI is InChI=1S/C20H18N2O5S2/c1-13-2-4-14(5-3-13)12-21-19(24)18(29-20(21)25)11-15-6-7-17(28-9-8-23)16(10-15)22(26)27/h2-7,10-11,23H,8-9,12H2,1H3. The molecule has 150 valence electrons. The normalized spacial score (nSPS) is 15.4. The largest absolute Gasteiger partial charge is 0.396 e. The number of imide groups is 1. The molecule has 0 unspecified atom stereocenters. The zero-order valence-electron chi connectivity index (χ0n) is 15.5. The van der Waals surface area contributed by atoms with Crippen LogP contribution in [-0.2, 0) is 11.3 Å². The van der Waals surface area contributed by atoms with Gasteiger partial charge in [-0.25, -0.2) is 0 Å². The fraction of sp³-hybridized carbons (Fsp3) is 0.200. The van der Waals surface area contributed by atoms with Crippen LogP contribution in [0.5, 0.6) is 0 Å². The Morgan fingerprint density at radius 1 is 1.21 bits per heavy atom. The van der Waals surface area contributed by atoms with E-state index < -0.39 is 10.8 Å². The van der Waals surface area contributed by atoms with Crippen molar-refractivity contribution in [3.63, 3.8) is 0 Å². The van der Waals surface area contributed by atoms with Crippen molar-refractivity contribution in [2.45, 2.75) is 18.4 Å². The third-order valence-electron chi connectivity index (χ3n) is 4.16. The number of hydrogen-bond acceptors (Lipinski definition) is 7. The zero-order valence-corrected chi connectivity index (χ0v) is 17.2. The van der Waals surface area contributed by atoms with Crippen molar-refractivity contribution in [1.82, 2.24) is 4.90 Å². The van der Waals surface area contributed by atoms with E-state index in [1.54, 1.807) is 12.1 Å². The van der Waals surface area contributed by atoms with E-state index in [1.807, 2.05) is 31.2 Å². The van der Waals surface area contributed by atoms with Crippen LogP contribution in [0.15, 0.2) is 52.3 Å². The van der Waals surface area contributed by atoms with Gasteiger partial charge in [0.2, 0.25) is 0 Å². The molecule has 1 aliphatic heterocycles. The molecule has 0 aliphatic carbocycles. The second-order valence-electron chi connectivity index (χ2n) is 6.31. The molecule has 2 aromatic rings. The van der Waals surface area contributed by atoms with E-state index in [1.165, 1.54) is 28.8 Å². The van der Waals surface area contributed by atoms with Gasteiger partial charge in [-0.3, -0.25) is 24.6 Å². The fourth-order valence-corrected chi connectivity index (χ4v) is 4.30. The average Bonchev–Trinajstić information content (AvgIpc) is 2.95. The van der Waals surface area contributed by atoms with E-state index in [-0.39, 0.29) is 29.0 Å². The Labute approximate surface area is 175 Å². The van der Waals surface area contributed by atoms with Crippen LogP contribution in [0.25, 0.3) is 6.08 Å². The van der Waals surface area contributed by atoms with Crippen molar-refractivity contribution in [3.8, 4) is 0 Å². The zero-order chi connectivity index (χ0) is 21.0. The van der Waals surface area contributed by atoms with Crippen molar-refractivity contribution in [3.05, 3.63) is 74.2 Å². The van der Waals surface area contributed by atoms with E-state index >= 15 is 0 Å². The topological polar surface area (TPSA) is 101 Å². The van der Waals surface area contributed by atoms with Gasteiger partial charge in [0, 0.05) is 11.8 Å². The predicted molar refractivity (Wildman–Crippen MR) is 114 cm³/mol. The van der Waals surface area contributed by atoms with Gasteiger partial charge in [0.25, 0.3) is 16.8 Å². The summed E-state index contributed by atoms with van der Waals surface area (Å²) in [6.45, 7) is 2.05. The first-order valence-corrected chi connectivity index (χ1v) is 10.5. The van der Waals surface area contributed by atoms with Gasteiger partial charge in [0.1, 0.15) is 0 Å². The van der Waals surface area contributed by atoms with Crippen molar-refractivity contribution < 1.29 is 19.6 Å². The lowest BCUT2D eigenvalue weighted by atomic mass is 10.1. The van der Waals surface area contributed by atoms with Crippen molar-refractivity contribution in [1.29, 1.82) is 0 Å². The molecule has 0 spiro atoms. The van der Waals surface area contributed by atoms with E-state index in [0.717, 1.165) is 22.9 Å². The number of aryl methyl sites for hydroxylation is 1. The lowest BCUT2D eigenvalue weighted by Gasteiger charge is -2.12. The number of nitro benzene ring substituents is 1. The summed E-state index contributed by atoms with van der Waals surface area (Å²) < 4.78 is 0. The molecule has 29 heavy (non-hydrogen) atoms. The highest BCUT2D eigenvalue weighted by Crippen LogP contribution is 2.35. The quantitative estimate of drug-likeness (QED) is 0.304. The molecule has 1 N–H and O–H groups in total. The summed E-state index contributed by atoms with van der Waals surface area (Å²) in [5.41, 5.74) is 2.30. The van der Waals surface area contributed by atoms with Gasteiger partial charge in [0.15, 0.2) is 0 Å². The molecule has 1 saturated heterocycles. The van der Waals surface area contributed by atoms with Crippen LogP contribution in [0.4, 0.5) is 10.5 Å². The van der Waals surface area contributed by atoms with E-state index in [0.29, 0.717) is 16.2 Å². The molecule has 3 rings (SSSR count). The van der Waals surface area contributed by atoms with Gasteiger partial charge in [-0.15, -0.1) is 11.8 Å². The van der Waals surface area contributed by atoms with Gasteiger partial charge in [-0.05, 0) is 42.0 Å². The molecular formula is C20H18N2O5S2. The maximum Gasteiger partial charge on any atom is 0.293 e. The maximum absolute atomic E-state index is 12.7. The minimum absolute atomic E-state index is 0.0856. The summed E-state index contributed by atoms with van der Waals surface area (Å²) in [6.07, 6.45) is 1.49. The third-order valence-corrected chi connectivity index (χ3v) is 6.11. The first kappa shape index (κ1) is 21.1. The van der Waals surface area contributed by atoms with Crippen LogP contribution >= 0.6 is 23.5 Å². The van der Waals surface area contributed by atoms with Crippen LogP contribution in [0, 0.1) is 17.0 Å². The molecule has 1 fully saturated rings. The molecule has 1 aliphatic rings. The van der Waals surface area contributed by atoms with Crippen molar-refractivity contribution in [2.24, 2.45) is 0 Å².